The van der Waals surface area contributed by atoms with E-state index in [1.807, 2.05) is 12.4 Å². The van der Waals surface area contributed by atoms with E-state index >= 15 is 0 Å². The summed E-state index contributed by atoms with van der Waals surface area (Å²) in [6, 6.07) is 1.66. The second-order valence-electron chi connectivity index (χ2n) is 5.09. The molecule has 0 saturated carbocycles. The molecule has 3 rings (SSSR count). The van der Waals surface area contributed by atoms with Crippen molar-refractivity contribution < 1.29 is 0 Å². The number of hydrogen-bond donors (Lipinski definition) is 1. The van der Waals surface area contributed by atoms with E-state index in [0.29, 0.717) is 0 Å². The zero-order valence-electron chi connectivity index (χ0n) is 11.0. The second kappa shape index (κ2) is 5.40. The first-order chi connectivity index (χ1) is 9.26. The van der Waals surface area contributed by atoms with Crippen molar-refractivity contribution in [1.82, 2.24) is 19.6 Å². The standard InChI is InChI=1S/C13H18N4OS/c1-14-7-10-2-3-16(8-10)9-11-6-12(18)17-4-5-19-13(17)15-11/h4-6,10,14H,2-3,7-9H2,1H3. The lowest BCUT2D eigenvalue weighted by atomic mass is 10.1. The summed E-state index contributed by atoms with van der Waals surface area (Å²) in [6.07, 6.45) is 3.00. The topological polar surface area (TPSA) is 49.6 Å². The molecule has 1 atom stereocenters. The minimum atomic E-state index is 0.0206. The molecule has 1 fully saturated rings. The second-order valence-corrected chi connectivity index (χ2v) is 5.96. The zero-order chi connectivity index (χ0) is 13.2. The van der Waals surface area contributed by atoms with Crippen LogP contribution in [0.1, 0.15) is 12.1 Å². The highest BCUT2D eigenvalue weighted by atomic mass is 32.1. The van der Waals surface area contributed by atoms with Gasteiger partial charge in [-0.05, 0) is 32.5 Å². The predicted octanol–water partition coefficient (Wildman–Crippen LogP) is 0.797. The Hall–Kier alpha value is -1.24. The van der Waals surface area contributed by atoms with Crippen LogP contribution < -0.4 is 10.9 Å². The molecular weight excluding hydrogens is 260 g/mol. The van der Waals surface area contributed by atoms with Crippen LogP contribution in [-0.4, -0.2) is 41.0 Å². The number of aromatic nitrogens is 2. The number of rotatable bonds is 4. The lowest BCUT2D eigenvalue weighted by molar-refractivity contribution is 0.312. The third kappa shape index (κ3) is 2.70. The third-order valence-corrected chi connectivity index (χ3v) is 4.36. The summed E-state index contributed by atoms with van der Waals surface area (Å²) in [7, 11) is 2.00. The summed E-state index contributed by atoms with van der Waals surface area (Å²) in [6.45, 7) is 4.03. The summed E-state index contributed by atoms with van der Waals surface area (Å²) < 4.78 is 1.60. The van der Waals surface area contributed by atoms with Crippen molar-refractivity contribution >= 4 is 16.3 Å². The lowest BCUT2D eigenvalue weighted by Gasteiger charge is -2.15. The van der Waals surface area contributed by atoms with Gasteiger partial charge < -0.3 is 5.32 Å². The van der Waals surface area contributed by atoms with Gasteiger partial charge in [0, 0.05) is 30.7 Å². The smallest absolute Gasteiger partial charge is 0.258 e. The highest BCUT2D eigenvalue weighted by Crippen LogP contribution is 2.17. The predicted molar refractivity (Wildman–Crippen MR) is 76.6 cm³/mol. The molecule has 0 radical (unpaired) electrons. The van der Waals surface area contributed by atoms with E-state index in [0.717, 1.165) is 42.8 Å². The molecular formula is C13H18N4OS. The van der Waals surface area contributed by atoms with E-state index in [4.69, 9.17) is 0 Å². The normalized spacial score (nSPS) is 20.4. The SMILES string of the molecule is CNCC1CCN(Cc2cc(=O)n3ccsc3n2)C1. The lowest BCUT2D eigenvalue weighted by Crippen LogP contribution is -2.25. The molecule has 0 aliphatic carbocycles. The Morgan fingerprint density at radius 2 is 2.47 bits per heavy atom. The molecule has 0 aromatic carbocycles. The van der Waals surface area contributed by atoms with Gasteiger partial charge in [0.2, 0.25) is 0 Å². The van der Waals surface area contributed by atoms with Gasteiger partial charge in [0.25, 0.3) is 5.56 Å². The van der Waals surface area contributed by atoms with E-state index in [2.05, 4.69) is 15.2 Å². The first kappa shape index (κ1) is 12.8. The highest BCUT2D eigenvalue weighted by Gasteiger charge is 2.22. The number of likely N-dealkylation sites (tertiary alicyclic amines) is 1. The number of thiazole rings is 1. The molecule has 1 unspecified atom stereocenters. The van der Waals surface area contributed by atoms with Crippen LogP contribution in [0.25, 0.3) is 4.96 Å². The number of nitrogens with zero attached hydrogens (tertiary/aromatic N) is 3. The van der Waals surface area contributed by atoms with Gasteiger partial charge in [0.1, 0.15) is 0 Å². The summed E-state index contributed by atoms with van der Waals surface area (Å²) >= 11 is 1.51. The highest BCUT2D eigenvalue weighted by molar-refractivity contribution is 7.15. The van der Waals surface area contributed by atoms with Gasteiger partial charge >= 0.3 is 0 Å². The summed E-state index contributed by atoms with van der Waals surface area (Å²) in [4.78, 5) is 19.6. The third-order valence-electron chi connectivity index (χ3n) is 3.60. The van der Waals surface area contributed by atoms with E-state index in [-0.39, 0.29) is 5.56 Å². The average molecular weight is 278 g/mol. The van der Waals surface area contributed by atoms with Crippen LogP contribution in [-0.2, 0) is 6.54 Å². The number of nitrogens with one attached hydrogen (secondary N) is 1. The van der Waals surface area contributed by atoms with Gasteiger partial charge in [-0.1, -0.05) is 0 Å². The first-order valence-corrected chi connectivity index (χ1v) is 7.47. The number of hydrogen-bond acceptors (Lipinski definition) is 5. The molecule has 102 valence electrons. The molecule has 1 saturated heterocycles. The minimum Gasteiger partial charge on any atom is -0.319 e. The Balaban J connectivity index is 1.73. The monoisotopic (exact) mass is 278 g/mol. The molecule has 1 aliphatic heterocycles. The molecule has 1 aliphatic rings. The quantitative estimate of drug-likeness (QED) is 0.898. The van der Waals surface area contributed by atoms with Crippen LogP contribution in [0.5, 0.6) is 0 Å². The van der Waals surface area contributed by atoms with Gasteiger partial charge in [0.05, 0.1) is 5.69 Å². The van der Waals surface area contributed by atoms with Crippen molar-refractivity contribution in [3.63, 3.8) is 0 Å². The van der Waals surface area contributed by atoms with Crippen molar-refractivity contribution in [2.45, 2.75) is 13.0 Å². The molecule has 19 heavy (non-hydrogen) atoms. The average Bonchev–Trinajstić information content (AvgIpc) is 2.99. The Morgan fingerprint density at radius 1 is 1.58 bits per heavy atom. The van der Waals surface area contributed by atoms with E-state index in [9.17, 15) is 4.79 Å². The Bertz CT molecular complexity index is 620. The fraction of sp³-hybridized carbons (Fsp3) is 0.538. The maximum Gasteiger partial charge on any atom is 0.258 e. The molecule has 0 bridgehead atoms. The fourth-order valence-corrected chi connectivity index (χ4v) is 3.45. The first-order valence-electron chi connectivity index (χ1n) is 6.59. The zero-order valence-corrected chi connectivity index (χ0v) is 11.8. The van der Waals surface area contributed by atoms with Crippen LogP contribution >= 0.6 is 11.3 Å². The molecule has 0 spiro atoms. The van der Waals surface area contributed by atoms with Crippen LogP contribution in [0.2, 0.25) is 0 Å². The largest absolute Gasteiger partial charge is 0.319 e. The molecule has 1 N–H and O–H groups in total. The van der Waals surface area contributed by atoms with E-state index in [1.54, 1.807) is 16.7 Å². The summed E-state index contributed by atoms with van der Waals surface area (Å²) in [5.74, 6) is 0.719. The van der Waals surface area contributed by atoms with Crippen molar-refractivity contribution in [3.8, 4) is 0 Å². The molecule has 5 nitrogen and oxygen atoms in total. The van der Waals surface area contributed by atoms with Crippen molar-refractivity contribution in [2.24, 2.45) is 5.92 Å². The van der Waals surface area contributed by atoms with Crippen LogP contribution in [0.15, 0.2) is 22.4 Å². The van der Waals surface area contributed by atoms with Gasteiger partial charge in [-0.25, -0.2) is 4.98 Å². The van der Waals surface area contributed by atoms with Crippen LogP contribution in [0.3, 0.4) is 0 Å². The summed E-state index contributed by atoms with van der Waals surface area (Å²) in [5, 5.41) is 5.13. The van der Waals surface area contributed by atoms with E-state index in [1.165, 1.54) is 17.8 Å². The minimum absolute atomic E-state index is 0.0206. The van der Waals surface area contributed by atoms with Gasteiger partial charge in [-0.2, -0.15) is 0 Å². The van der Waals surface area contributed by atoms with Crippen molar-refractivity contribution in [3.05, 3.63) is 33.7 Å². The Morgan fingerprint density at radius 3 is 3.32 bits per heavy atom. The van der Waals surface area contributed by atoms with Crippen LogP contribution in [0.4, 0.5) is 0 Å². The molecule has 2 aromatic rings. The van der Waals surface area contributed by atoms with Crippen LogP contribution in [0, 0.1) is 5.92 Å². The van der Waals surface area contributed by atoms with Gasteiger partial charge in [-0.15, -0.1) is 11.3 Å². The fourth-order valence-electron chi connectivity index (χ4n) is 2.71. The number of fused-ring (bicyclic) bond motifs is 1. The van der Waals surface area contributed by atoms with Gasteiger partial charge in [-0.3, -0.25) is 14.1 Å². The molecule has 2 aromatic heterocycles. The maximum absolute atomic E-state index is 11.9. The molecule has 0 amide bonds. The molecule has 3 heterocycles. The van der Waals surface area contributed by atoms with Crippen molar-refractivity contribution in [1.29, 1.82) is 0 Å². The Labute approximate surface area is 115 Å². The summed E-state index contributed by atoms with van der Waals surface area (Å²) in [5.41, 5.74) is 0.907. The maximum atomic E-state index is 11.9. The van der Waals surface area contributed by atoms with E-state index < -0.39 is 0 Å². The Kier molecular flexibility index (Phi) is 3.63. The van der Waals surface area contributed by atoms with Gasteiger partial charge in [0.15, 0.2) is 4.96 Å². The van der Waals surface area contributed by atoms with Crippen molar-refractivity contribution in [2.75, 3.05) is 26.7 Å². The molecule has 6 heteroatoms.